The molecular weight excluding hydrogens is 379 g/mol. The molecule has 10 heteroatoms. The van der Waals surface area contributed by atoms with Gasteiger partial charge in [0.05, 0.1) is 16.6 Å². The molecule has 1 saturated carbocycles. The minimum absolute atomic E-state index is 0.132. The van der Waals surface area contributed by atoms with Crippen LogP contribution in [0.1, 0.15) is 42.7 Å². The Morgan fingerprint density at radius 2 is 1.96 bits per heavy atom. The summed E-state index contributed by atoms with van der Waals surface area (Å²) in [6, 6.07) is 2.20. The van der Waals surface area contributed by atoms with Crippen LogP contribution in [0.15, 0.2) is 23.0 Å². The second kappa shape index (κ2) is 6.69. The standard InChI is InChI=1S/C18H18F3N3O4/c1-9(25)15-13-5-10(18(19,20)21)3-4-12(13)16(27)24(23-15)8-14(26)22-11-6-17(2,28)7-11/h3-5,11,28H,6-8H2,1-2H3,(H,22,26). The van der Waals surface area contributed by atoms with Crippen LogP contribution in [-0.2, 0) is 17.5 Å². The number of hydrogen-bond acceptors (Lipinski definition) is 5. The normalized spacial score (nSPS) is 22.0. The number of amides is 1. The van der Waals surface area contributed by atoms with Crippen LogP contribution in [0.5, 0.6) is 0 Å². The van der Waals surface area contributed by atoms with E-state index < -0.39 is 41.1 Å². The molecule has 150 valence electrons. The molecule has 2 N–H and O–H groups in total. The summed E-state index contributed by atoms with van der Waals surface area (Å²) in [7, 11) is 0. The van der Waals surface area contributed by atoms with Gasteiger partial charge in [0.1, 0.15) is 12.2 Å². The zero-order valence-corrected chi connectivity index (χ0v) is 15.1. The molecule has 0 aliphatic heterocycles. The lowest BCUT2D eigenvalue weighted by molar-refractivity contribution is -0.137. The lowest BCUT2D eigenvalue weighted by atomic mass is 9.77. The number of benzene rings is 1. The fourth-order valence-electron chi connectivity index (χ4n) is 3.34. The van der Waals surface area contributed by atoms with Crippen LogP contribution in [-0.4, -0.2) is 38.2 Å². The number of aromatic nitrogens is 2. The van der Waals surface area contributed by atoms with E-state index in [4.69, 9.17) is 0 Å². The number of aliphatic hydroxyl groups is 1. The van der Waals surface area contributed by atoms with E-state index in [-0.39, 0.29) is 22.5 Å². The van der Waals surface area contributed by atoms with Gasteiger partial charge in [-0.1, -0.05) is 0 Å². The number of ketones is 1. The smallest absolute Gasteiger partial charge is 0.390 e. The maximum atomic E-state index is 13.0. The minimum atomic E-state index is -4.64. The topological polar surface area (TPSA) is 101 Å². The molecule has 0 unspecified atom stereocenters. The molecule has 7 nitrogen and oxygen atoms in total. The summed E-state index contributed by atoms with van der Waals surface area (Å²) in [6.07, 6.45) is -3.89. The molecule has 1 aliphatic rings. The zero-order chi connectivity index (χ0) is 20.9. The first-order valence-electron chi connectivity index (χ1n) is 8.52. The molecule has 1 amide bonds. The summed E-state index contributed by atoms with van der Waals surface area (Å²) in [5.74, 6) is -1.18. The van der Waals surface area contributed by atoms with Crippen molar-refractivity contribution in [3.63, 3.8) is 0 Å². The lowest BCUT2D eigenvalue weighted by Gasteiger charge is -2.41. The first-order valence-corrected chi connectivity index (χ1v) is 8.52. The van der Waals surface area contributed by atoms with Crippen molar-refractivity contribution >= 4 is 22.5 Å². The van der Waals surface area contributed by atoms with Gasteiger partial charge >= 0.3 is 6.18 Å². The van der Waals surface area contributed by atoms with Gasteiger partial charge in [-0.05, 0) is 38.0 Å². The molecule has 2 aromatic rings. The van der Waals surface area contributed by atoms with Gasteiger partial charge in [-0.25, -0.2) is 4.68 Å². The van der Waals surface area contributed by atoms with Crippen LogP contribution >= 0.6 is 0 Å². The van der Waals surface area contributed by atoms with Gasteiger partial charge < -0.3 is 10.4 Å². The quantitative estimate of drug-likeness (QED) is 0.764. The van der Waals surface area contributed by atoms with E-state index in [1.165, 1.54) is 0 Å². The van der Waals surface area contributed by atoms with Crippen LogP contribution in [0.25, 0.3) is 10.8 Å². The number of carbonyl (C=O) groups excluding carboxylic acids is 2. The van der Waals surface area contributed by atoms with Crippen LogP contribution < -0.4 is 10.9 Å². The number of nitrogens with one attached hydrogen (secondary N) is 1. The summed E-state index contributed by atoms with van der Waals surface area (Å²) in [5.41, 5.74) is -2.94. The SMILES string of the molecule is CC(=O)c1nn(CC(=O)NC2CC(C)(O)C2)c(=O)c2ccc(C(F)(F)F)cc12. The van der Waals surface area contributed by atoms with Gasteiger partial charge in [0, 0.05) is 18.4 Å². The zero-order valence-electron chi connectivity index (χ0n) is 15.1. The van der Waals surface area contributed by atoms with Gasteiger partial charge in [-0.15, -0.1) is 0 Å². The Kier molecular flexibility index (Phi) is 4.78. The predicted octanol–water partition coefficient (Wildman–Crippen LogP) is 1.65. The van der Waals surface area contributed by atoms with E-state index in [0.29, 0.717) is 18.9 Å². The number of rotatable bonds is 4. The first kappa shape index (κ1) is 20.0. The van der Waals surface area contributed by atoms with Crippen LogP contribution in [0.3, 0.4) is 0 Å². The molecule has 0 radical (unpaired) electrons. The summed E-state index contributed by atoms with van der Waals surface area (Å²) < 4.78 is 39.6. The van der Waals surface area contributed by atoms with E-state index in [1.807, 2.05) is 0 Å². The van der Waals surface area contributed by atoms with E-state index in [2.05, 4.69) is 10.4 Å². The van der Waals surface area contributed by atoms with Crippen molar-refractivity contribution in [3.8, 4) is 0 Å². The molecule has 1 heterocycles. The fourth-order valence-corrected chi connectivity index (χ4v) is 3.34. The van der Waals surface area contributed by atoms with Crippen molar-refractivity contribution in [1.29, 1.82) is 0 Å². The Balaban J connectivity index is 1.95. The Labute approximate surface area is 157 Å². The Bertz CT molecular complexity index is 1020. The van der Waals surface area contributed by atoms with Crippen LogP contribution in [0.2, 0.25) is 0 Å². The number of nitrogens with zero attached hydrogens (tertiary/aromatic N) is 2. The van der Waals surface area contributed by atoms with Gasteiger partial charge in [-0.3, -0.25) is 14.4 Å². The van der Waals surface area contributed by atoms with Crippen molar-refractivity contribution in [1.82, 2.24) is 15.1 Å². The third kappa shape index (κ3) is 3.91. The average Bonchev–Trinajstić information content (AvgIpc) is 2.54. The molecule has 0 bridgehead atoms. The molecule has 0 saturated heterocycles. The van der Waals surface area contributed by atoms with Crippen LogP contribution in [0, 0.1) is 0 Å². The third-order valence-electron chi connectivity index (χ3n) is 4.65. The van der Waals surface area contributed by atoms with E-state index >= 15 is 0 Å². The maximum absolute atomic E-state index is 13.0. The lowest BCUT2D eigenvalue weighted by Crippen LogP contribution is -2.54. The number of alkyl halides is 3. The minimum Gasteiger partial charge on any atom is -0.390 e. The fraction of sp³-hybridized carbons (Fsp3) is 0.444. The molecule has 0 spiro atoms. The number of carbonyl (C=O) groups is 2. The summed E-state index contributed by atoms with van der Waals surface area (Å²) >= 11 is 0. The molecule has 1 aromatic heterocycles. The Morgan fingerprint density at radius 3 is 2.50 bits per heavy atom. The number of Topliss-reactive ketones (excluding diaryl/α,β-unsaturated/α-hetero) is 1. The molecule has 3 rings (SSSR count). The first-order chi connectivity index (χ1) is 12.9. The van der Waals surface area contributed by atoms with Crippen LogP contribution in [0.4, 0.5) is 13.2 Å². The van der Waals surface area contributed by atoms with Crippen molar-refractivity contribution in [2.24, 2.45) is 0 Å². The molecule has 1 aromatic carbocycles. The largest absolute Gasteiger partial charge is 0.416 e. The molecule has 28 heavy (non-hydrogen) atoms. The van der Waals surface area contributed by atoms with Crippen molar-refractivity contribution in [3.05, 3.63) is 39.8 Å². The van der Waals surface area contributed by atoms with Crippen molar-refractivity contribution in [2.75, 3.05) is 0 Å². The second-order valence-electron chi connectivity index (χ2n) is 7.30. The summed E-state index contributed by atoms with van der Waals surface area (Å²) in [5, 5.41) is 15.8. The second-order valence-corrected chi connectivity index (χ2v) is 7.30. The number of hydrogen-bond donors (Lipinski definition) is 2. The van der Waals surface area contributed by atoms with Gasteiger partial charge in [0.25, 0.3) is 5.56 Å². The monoisotopic (exact) mass is 397 g/mol. The Hall–Kier alpha value is -2.75. The molecular formula is C18H18F3N3O4. The predicted molar refractivity (Wildman–Crippen MR) is 92.8 cm³/mol. The van der Waals surface area contributed by atoms with Gasteiger partial charge in [-0.2, -0.15) is 18.3 Å². The average molecular weight is 397 g/mol. The number of halogens is 3. The molecule has 1 fully saturated rings. The summed E-state index contributed by atoms with van der Waals surface area (Å²) in [4.78, 5) is 36.6. The van der Waals surface area contributed by atoms with E-state index in [1.54, 1.807) is 6.92 Å². The highest BCUT2D eigenvalue weighted by molar-refractivity contribution is 6.05. The van der Waals surface area contributed by atoms with E-state index in [0.717, 1.165) is 23.7 Å². The van der Waals surface area contributed by atoms with Gasteiger partial charge in [0.2, 0.25) is 5.91 Å². The van der Waals surface area contributed by atoms with E-state index in [9.17, 15) is 32.7 Å². The third-order valence-corrected chi connectivity index (χ3v) is 4.65. The highest BCUT2D eigenvalue weighted by atomic mass is 19.4. The Morgan fingerprint density at radius 1 is 1.32 bits per heavy atom. The molecule has 1 aliphatic carbocycles. The van der Waals surface area contributed by atoms with Gasteiger partial charge in [0.15, 0.2) is 5.78 Å². The van der Waals surface area contributed by atoms with Crippen molar-refractivity contribution < 1.29 is 27.9 Å². The highest BCUT2D eigenvalue weighted by Gasteiger charge is 2.39. The molecule has 0 atom stereocenters. The van der Waals surface area contributed by atoms with Crippen molar-refractivity contribution in [2.45, 2.75) is 51.1 Å². The maximum Gasteiger partial charge on any atom is 0.416 e. The number of fused-ring (bicyclic) bond motifs is 1. The summed E-state index contributed by atoms with van der Waals surface area (Å²) in [6.45, 7) is 2.27. The highest BCUT2D eigenvalue weighted by Crippen LogP contribution is 2.32.